The summed E-state index contributed by atoms with van der Waals surface area (Å²) in [6.07, 6.45) is 11.4. The number of fused-ring (bicyclic) bond motifs is 2. The van der Waals surface area contributed by atoms with Crippen LogP contribution in [0.3, 0.4) is 0 Å². The third-order valence-electron chi connectivity index (χ3n) is 6.26. The van der Waals surface area contributed by atoms with Gasteiger partial charge in [0.15, 0.2) is 0 Å². The highest BCUT2D eigenvalue weighted by Crippen LogP contribution is 2.43. The van der Waals surface area contributed by atoms with Crippen LogP contribution in [0, 0.1) is 0 Å². The van der Waals surface area contributed by atoms with Gasteiger partial charge in [-0.25, -0.2) is 0 Å². The van der Waals surface area contributed by atoms with E-state index < -0.39 is 0 Å². The number of benzene rings is 3. The molecule has 0 saturated carbocycles. The summed E-state index contributed by atoms with van der Waals surface area (Å²) in [7, 11) is 0. The van der Waals surface area contributed by atoms with Crippen LogP contribution in [0.5, 0.6) is 11.5 Å². The maximum absolute atomic E-state index is 6.48. The summed E-state index contributed by atoms with van der Waals surface area (Å²) in [5.41, 5.74) is 1.33. The zero-order chi connectivity index (χ0) is 24.0. The molecule has 0 spiro atoms. The van der Waals surface area contributed by atoms with Crippen molar-refractivity contribution in [1.29, 1.82) is 0 Å². The summed E-state index contributed by atoms with van der Waals surface area (Å²) in [4.78, 5) is 0. The van der Waals surface area contributed by atoms with Gasteiger partial charge in [-0.3, -0.25) is 0 Å². The fourth-order valence-corrected chi connectivity index (χ4v) is 5.71. The molecule has 0 radical (unpaired) electrons. The van der Waals surface area contributed by atoms with Crippen molar-refractivity contribution in [1.82, 2.24) is 0 Å². The van der Waals surface area contributed by atoms with Crippen LogP contribution in [0.4, 0.5) is 0 Å². The lowest BCUT2D eigenvalue weighted by Gasteiger charge is -2.18. The fraction of sp³-hybridized carbons (Fsp3) is 0.533. The van der Waals surface area contributed by atoms with Gasteiger partial charge in [0.1, 0.15) is 23.4 Å². The quantitative estimate of drug-likeness (QED) is 0.105. The SMILES string of the molecule is CCCCCCSCOc1c2ccccc2c(OCSCCCCCC)c2cc(CC)ccc12. The maximum Gasteiger partial charge on any atom is 0.136 e. The van der Waals surface area contributed by atoms with E-state index in [0.717, 1.165) is 45.6 Å². The molecule has 3 rings (SSSR count). The molecule has 0 saturated heterocycles. The van der Waals surface area contributed by atoms with Crippen LogP contribution in [0.25, 0.3) is 21.5 Å². The number of rotatable bonds is 17. The van der Waals surface area contributed by atoms with E-state index in [-0.39, 0.29) is 0 Å². The molecule has 0 aliphatic heterocycles. The van der Waals surface area contributed by atoms with Crippen LogP contribution >= 0.6 is 23.5 Å². The summed E-state index contributed by atoms with van der Waals surface area (Å²) in [5, 5.41) is 4.63. The van der Waals surface area contributed by atoms with Gasteiger partial charge in [-0.2, -0.15) is 0 Å². The molecule has 0 fully saturated rings. The summed E-state index contributed by atoms with van der Waals surface area (Å²) in [6.45, 7) is 6.73. The highest BCUT2D eigenvalue weighted by atomic mass is 32.2. The van der Waals surface area contributed by atoms with Crippen molar-refractivity contribution in [3.8, 4) is 11.5 Å². The number of aryl methyl sites for hydroxylation is 1. The molecule has 3 aromatic rings. The molecule has 0 aliphatic carbocycles. The third kappa shape index (κ3) is 7.75. The Kier molecular flexibility index (Phi) is 12.3. The molecule has 4 heteroatoms. The third-order valence-corrected chi connectivity index (χ3v) is 7.98. The van der Waals surface area contributed by atoms with Crippen LogP contribution < -0.4 is 9.47 Å². The van der Waals surface area contributed by atoms with E-state index in [1.54, 1.807) is 0 Å². The molecule has 0 unspecified atom stereocenters. The van der Waals surface area contributed by atoms with Crippen LogP contribution in [-0.2, 0) is 6.42 Å². The van der Waals surface area contributed by atoms with E-state index in [9.17, 15) is 0 Å². The van der Waals surface area contributed by atoms with E-state index in [0.29, 0.717) is 11.9 Å². The molecule has 0 N–H and O–H groups in total. The molecule has 2 nitrogen and oxygen atoms in total. The average Bonchev–Trinajstić information content (AvgIpc) is 2.87. The van der Waals surface area contributed by atoms with E-state index in [2.05, 4.69) is 63.2 Å². The molecule has 0 heterocycles. The summed E-state index contributed by atoms with van der Waals surface area (Å²) in [6, 6.07) is 15.3. The predicted molar refractivity (Wildman–Crippen MR) is 155 cm³/mol. The Hall–Kier alpha value is -1.52. The molecule has 3 aromatic carbocycles. The van der Waals surface area contributed by atoms with Crippen molar-refractivity contribution >= 4 is 45.1 Å². The lowest BCUT2D eigenvalue weighted by molar-refractivity contribution is 0.395. The minimum atomic E-state index is 0.689. The van der Waals surface area contributed by atoms with Gasteiger partial charge in [0, 0.05) is 21.5 Å². The Morgan fingerprint density at radius 1 is 0.588 bits per heavy atom. The van der Waals surface area contributed by atoms with Crippen molar-refractivity contribution in [3.05, 3.63) is 48.0 Å². The fourth-order valence-electron chi connectivity index (χ4n) is 4.26. The van der Waals surface area contributed by atoms with Gasteiger partial charge in [0.2, 0.25) is 0 Å². The summed E-state index contributed by atoms with van der Waals surface area (Å²) >= 11 is 3.79. The lowest BCUT2D eigenvalue weighted by Crippen LogP contribution is -2.00. The second-order valence-electron chi connectivity index (χ2n) is 8.90. The lowest BCUT2D eigenvalue weighted by atomic mass is 9.98. The van der Waals surface area contributed by atoms with Crippen LogP contribution in [0.2, 0.25) is 0 Å². The van der Waals surface area contributed by atoms with Crippen LogP contribution in [0.1, 0.15) is 77.7 Å². The van der Waals surface area contributed by atoms with Gasteiger partial charge in [0.25, 0.3) is 0 Å². The zero-order valence-corrected chi connectivity index (χ0v) is 23.0. The first kappa shape index (κ1) is 27.1. The molecule has 34 heavy (non-hydrogen) atoms. The van der Waals surface area contributed by atoms with Crippen LogP contribution in [-0.4, -0.2) is 23.4 Å². The molecule has 0 amide bonds. The Morgan fingerprint density at radius 2 is 1.12 bits per heavy atom. The predicted octanol–water partition coefficient (Wildman–Crippen LogP) is 9.85. The average molecular weight is 499 g/mol. The van der Waals surface area contributed by atoms with Crippen LogP contribution in [0.15, 0.2) is 42.5 Å². The van der Waals surface area contributed by atoms with Crippen molar-refractivity contribution < 1.29 is 9.47 Å². The molecular weight excluding hydrogens is 456 g/mol. The number of ether oxygens (including phenoxy) is 2. The van der Waals surface area contributed by atoms with Crippen molar-refractivity contribution in [2.24, 2.45) is 0 Å². The number of unbranched alkanes of at least 4 members (excludes halogenated alkanes) is 6. The van der Waals surface area contributed by atoms with Gasteiger partial charge < -0.3 is 9.47 Å². The van der Waals surface area contributed by atoms with E-state index in [1.165, 1.54) is 62.3 Å². The Morgan fingerprint density at radius 3 is 1.65 bits per heavy atom. The highest BCUT2D eigenvalue weighted by Gasteiger charge is 2.16. The van der Waals surface area contributed by atoms with Gasteiger partial charge in [-0.15, -0.1) is 23.5 Å². The molecule has 0 aromatic heterocycles. The van der Waals surface area contributed by atoms with Gasteiger partial charge in [-0.05, 0) is 42.4 Å². The number of hydrogen-bond acceptors (Lipinski definition) is 4. The Labute approximate surface area is 215 Å². The molecule has 0 aliphatic rings. The molecular formula is C30H42O2S2. The molecule has 186 valence electrons. The van der Waals surface area contributed by atoms with Gasteiger partial charge >= 0.3 is 0 Å². The van der Waals surface area contributed by atoms with E-state index in [1.807, 2.05) is 23.5 Å². The maximum atomic E-state index is 6.48. The monoisotopic (exact) mass is 498 g/mol. The van der Waals surface area contributed by atoms with Crippen molar-refractivity contribution in [2.75, 3.05) is 23.4 Å². The van der Waals surface area contributed by atoms with Gasteiger partial charge in [-0.1, -0.05) is 95.7 Å². The van der Waals surface area contributed by atoms with E-state index >= 15 is 0 Å². The Balaban J connectivity index is 1.81. The zero-order valence-electron chi connectivity index (χ0n) is 21.4. The molecule has 0 bridgehead atoms. The van der Waals surface area contributed by atoms with Gasteiger partial charge in [0.05, 0.1) is 0 Å². The standard InChI is InChI=1S/C30H42O2S2/c1-4-7-9-13-19-33-22-31-29-25-15-11-12-16-26(25)30(32-23-34-20-14-10-8-5-2)28-21-24(6-3)17-18-27(28)29/h11-12,15-18,21H,4-10,13-14,19-20,22-23H2,1-3H3. The summed E-state index contributed by atoms with van der Waals surface area (Å²) < 4.78 is 12.9. The first-order chi connectivity index (χ1) is 16.8. The first-order valence-electron chi connectivity index (χ1n) is 13.2. The van der Waals surface area contributed by atoms with Crippen molar-refractivity contribution in [3.63, 3.8) is 0 Å². The topological polar surface area (TPSA) is 18.5 Å². The molecule has 0 atom stereocenters. The second-order valence-corrected chi connectivity index (χ2v) is 11.0. The largest absolute Gasteiger partial charge is 0.482 e. The number of thioether (sulfide) groups is 2. The Bertz CT molecular complexity index is 1000. The van der Waals surface area contributed by atoms with E-state index in [4.69, 9.17) is 9.47 Å². The van der Waals surface area contributed by atoms with Crippen molar-refractivity contribution in [2.45, 2.75) is 78.6 Å². The number of hydrogen-bond donors (Lipinski definition) is 0. The first-order valence-corrected chi connectivity index (χ1v) is 15.5. The highest BCUT2D eigenvalue weighted by molar-refractivity contribution is 7.99. The minimum Gasteiger partial charge on any atom is -0.482 e. The smallest absolute Gasteiger partial charge is 0.136 e. The summed E-state index contributed by atoms with van der Waals surface area (Å²) in [5.74, 6) is 5.69. The normalized spacial score (nSPS) is 11.4. The minimum absolute atomic E-state index is 0.689. The second kappa shape index (κ2) is 15.5.